The van der Waals surface area contributed by atoms with Crippen molar-refractivity contribution in [3.8, 4) is 5.75 Å². The van der Waals surface area contributed by atoms with Crippen molar-refractivity contribution in [3.05, 3.63) is 88.0 Å². The summed E-state index contributed by atoms with van der Waals surface area (Å²) in [7, 11) is -5.98. The van der Waals surface area contributed by atoms with Gasteiger partial charge in [0.15, 0.2) is 28.2 Å². The fourth-order valence-corrected chi connectivity index (χ4v) is 6.25. The molecule has 2 fully saturated rings. The molecule has 3 aromatic carbocycles. The number of aromatic carboxylic acids is 1. The molecule has 0 aromatic heterocycles. The molecule has 5 rings (SSSR count). The van der Waals surface area contributed by atoms with Crippen molar-refractivity contribution in [2.45, 2.75) is 55.7 Å². The highest BCUT2D eigenvalue weighted by atomic mass is 32.2. The topological polar surface area (TPSA) is 104 Å². The number of hydrogen-bond acceptors (Lipinski definition) is 5. The lowest BCUT2D eigenvalue weighted by Crippen LogP contribution is -2.50. The monoisotopic (exact) mass is 678 g/mol. The number of carbonyl (C=O) groups is 2. The van der Waals surface area contributed by atoms with Crippen molar-refractivity contribution in [2.24, 2.45) is 0 Å². The SMILES string of the molecule is O=C(O)c1ccc(N(C(=O)CN(Cc2c(F)cc(F)cc2F)S(=O)(=O)c2c(F)c(F)c(F)c(F)c2F)C2CCC2)c(OC2CC2)c1. The predicted molar refractivity (Wildman–Crippen MR) is 142 cm³/mol. The van der Waals surface area contributed by atoms with Gasteiger partial charge in [-0.3, -0.25) is 4.79 Å². The van der Waals surface area contributed by atoms with Crippen molar-refractivity contribution in [1.82, 2.24) is 4.31 Å². The Balaban J connectivity index is 1.62. The van der Waals surface area contributed by atoms with E-state index < -0.39 is 98.0 Å². The molecule has 0 radical (unpaired) electrons. The number of nitrogens with zero attached hydrogens (tertiary/aromatic N) is 2. The molecule has 0 atom stereocenters. The van der Waals surface area contributed by atoms with Gasteiger partial charge < -0.3 is 14.7 Å². The van der Waals surface area contributed by atoms with Gasteiger partial charge in [-0.2, -0.15) is 4.31 Å². The minimum Gasteiger partial charge on any atom is -0.488 e. The van der Waals surface area contributed by atoms with E-state index in [0.717, 1.165) is 17.0 Å². The number of carbonyl (C=O) groups excluding carboxylic acids is 1. The van der Waals surface area contributed by atoms with Gasteiger partial charge in [0.25, 0.3) is 0 Å². The molecule has 3 aromatic rings. The first kappa shape index (κ1) is 33.1. The van der Waals surface area contributed by atoms with Crippen molar-refractivity contribution >= 4 is 27.6 Å². The molecule has 0 bridgehead atoms. The lowest BCUT2D eigenvalue weighted by Gasteiger charge is -2.39. The second kappa shape index (κ2) is 12.5. The molecule has 2 aliphatic rings. The Morgan fingerprint density at radius 2 is 1.39 bits per heavy atom. The molecule has 2 aliphatic carbocycles. The maximum atomic E-state index is 14.8. The Morgan fingerprint density at radius 1 is 0.826 bits per heavy atom. The van der Waals surface area contributed by atoms with Crippen molar-refractivity contribution in [1.29, 1.82) is 0 Å². The molecule has 46 heavy (non-hydrogen) atoms. The molecule has 17 heteroatoms. The molecular formula is C29H22F8N2O6S. The molecule has 0 aliphatic heterocycles. The average Bonchev–Trinajstić information content (AvgIpc) is 3.77. The summed E-state index contributed by atoms with van der Waals surface area (Å²) in [6, 6.07) is 3.11. The first-order chi connectivity index (χ1) is 21.6. The van der Waals surface area contributed by atoms with Crippen LogP contribution in [0.1, 0.15) is 48.0 Å². The molecule has 0 heterocycles. The second-order valence-corrected chi connectivity index (χ2v) is 12.5. The molecule has 0 spiro atoms. The summed E-state index contributed by atoms with van der Waals surface area (Å²) in [6.07, 6.45) is 2.19. The van der Waals surface area contributed by atoms with E-state index in [0.29, 0.717) is 32.1 Å². The van der Waals surface area contributed by atoms with Crippen molar-refractivity contribution in [3.63, 3.8) is 0 Å². The van der Waals surface area contributed by atoms with Crippen LogP contribution in [0, 0.1) is 46.5 Å². The average molecular weight is 679 g/mol. The van der Waals surface area contributed by atoms with E-state index in [2.05, 4.69) is 0 Å². The number of carboxylic acids is 1. The van der Waals surface area contributed by atoms with Crippen LogP contribution in [0.5, 0.6) is 5.75 Å². The fourth-order valence-electron chi connectivity index (χ4n) is 4.78. The molecule has 1 amide bonds. The molecule has 1 N–H and O–H groups in total. The Morgan fingerprint density at radius 3 is 1.89 bits per heavy atom. The van der Waals surface area contributed by atoms with Crippen LogP contribution < -0.4 is 9.64 Å². The highest BCUT2D eigenvalue weighted by Crippen LogP contribution is 2.40. The molecule has 0 unspecified atom stereocenters. The van der Waals surface area contributed by atoms with Crippen LogP contribution in [-0.2, 0) is 21.4 Å². The van der Waals surface area contributed by atoms with E-state index in [1.807, 2.05) is 0 Å². The van der Waals surface area contributed by atoms with E-state index in [-0.39, 0.29) is 39.5 Å². The summed E-state index contributed by atoms with van der Waals surface area (Å²) in [5, 5.41) is 9.45. The number of benzene rings is 3. The molecule has 8 nitrogen and oxygen atoms in total. The van der Waals surface area contributed by atoms with Crippen LogP contribution in [0.25, 0.3) is 0 Å². The third kappa shape index (κ3) is 6.25. The van der Waals surface area contributed by atoms with Gasteiger partial charge in [-0.25, -0.2) is 48.3 Å². The molecule has 246 valence electrons. The van der Waals surface area contributed by atoms with Crippen LogP contribution in [0.15, 0.2) is 35.2 Å². The maximum Gasteiger partial charge on any atom is 0.335 e. The zero-order chi connectivity index (χ0) is 33.7. The lowest BCUT2D eigenvalue weighted by atomic mass is 9.90. The van der Waals surface area contributed by atoms with Gasteiger partial charge in [-0.15, -0.1) is 0 Å². The Labute approximate surface area is 255 Å². The van der Waals surface area contributed by atoms with Crippen LogP contribution in [0.2, 0.25) is 0 Å². The minimum absolute atomic E-state index is 0.0284. The number of ether oxygens (including phenoxy) is 1. The first-order valence-electron chi connectivity index (χ1n) is 13.6. The van der Waals surface area contributed by atoms with E-state index >= 15 is 0 Å². The van der Waals surface area contributed by atoms with E-state index in [1.54, 1.807) is 0 Å². The third-order valence-electron chi connectivity index (χ3n) is 7.51. The number of carboxylic acid groups (broad SMARTS) is 1. The van der Waals surface area contributed by atoms with E-state index in [9.17, 15) is 58.2 Å². The highest BCUT2D eigenvalue weighted by molar-refractivity contribution is 7.89. The second-order valence-electron chi connectivity index (χ2n) is 10.7. The number of amides is 1. The molecule has 0 saturated heterocycles. The van der Waals surface area contributed by atoms with Gasteiger partial charge in [0, 0.05) is 30.3 Å². The molecular weight excluding hydrogens is 656 g/mol. The van der Waals surface area contributed by atoms with Crippen LogP contribution in [0.4, 0.5) is 40.8 Å². The first-order valence-corrected chi connectivity index (χ1v) is 15.1. The van der Waals surface area contributed by atoms with Gasteiger partial charge in [0.2, 0.25) is 21.7 Å². The van der Waals surface area contributed by atoms with Gasteiger partial charge in [-0.05, 0) is 50.3 Å². The van der Waals surface area contributed by atoms with Crippen LogP contribution in [-0.4, -0.2) is 48.4 Å². The van der Waals surface area contributed by atoms with E-state index in [4.69, 9.17) is 4.74 Å². The number of halogens is 8. The summed E-state index contributed by atoms with van der Waals surface area (Å²) in [5.41, 5.74) is -1.46. The zero-order valence-corrected chi connectivity index (χ0v) is 24.1. The van der Waals surface area contributed by atoms with Gasteiger partial charge >= 0.3 is 5.97 Å². The van der Waals surface area contributed by atoms with Gasteiger partial charge in [0.1, 0.15) is 23.2 Å². The van der Waals surface area contributed by atoms with Gasteiger partial charge in [0.05, 0.1) is 23.9 Å². The van der Waals surface area contributed by atoms with Crippen LogP contribution >= 0.6 is 0 Å². The third-order valence-corrected chi connectivity index (χ3v) is 9.32. The number of rotatable bonds is 11. The maximum absolute atomic E-state index is 14.8. The van der Waals surface area contributed by atoms with E-state index in [1.165, 1.54) is 6.07 Å². The number of anilines is 1. The van der Waals surface area contributed by atoms with Crippen LogP contribution in [0.3, 0.4) is 0 Å². The Kier molecular flexibility index (Phi) is 9.01. The predicted octanol–water partition coefficient (Wildman–Crippen LogP) is 5.82. The van der Waals surface area contributed by atoms with Gasteiger partial charge in [-0.1, -0.05) is 0 Å². The van der Waals surface area contributed by atoms with Crippen molar-refractivity contribution < 1.29 is 63.0 Å². The smallest absolute Gasteiger partial charge is 0.335 e. The summed E-state index contributed by atoms with van der Waals surface area (Å²) in [5.74, 6) is -20.9. The number of sulfonamides is 1. The summed E-state index contributed by atoms with van der Waals surface area (Å²) in [4.78, 5) is 24.1. The Hall–Kier alpha value is -4.25. The zero-order valence-electron chi connectivity index (χ0n) is 23.3. The lowest BCUT2D eigenvalue weighted by molar-refractivity contribution is -0.119. The van der Waals surface area contributed by atoms with Crippen molar-refractivity contribution in [2.75, 3.05) is 11.4 Å². The standard InChI is InChI=1S/C29H22F8N2O6S/c30-14-9-18(31)17(19(32)10-14)11-38(46(43,44)28-26(36)24(34)23(33)25(35)27(28)37)12-22(40)39(15-2-1-3-15)20-7-4-13(29(41)42)8-21(20)45-16-5-6-16/h4,7-10,15-16H,1-3,5-6,11-12H2,(H,41,42). The largest absolute Gasteiger partial charge is 0.488 e. The fraction of sp³-hybridized carbons (Fsp3) is 0.310. The summed E-state index contributed by atoms with van der Waals surface area (Å²) < 4.78 is 147. The summed E-state index contributed by atoms with van der Waals surface area (Å²) in [6.45, 7) is -3.02. The normalized spacial score (nSPS) is 15.2. The number of hydrogen-bond donors (Lipinski definition) is 1. The minimum atomic E-state index is -5.98. The quantitative estimate of drug-likeness (QED) is 0.156. The highest BCUT2D eigenvalue weighted by Gasteiger charge is 2.41. The molecule has 2 saturated carbocycles. The Bertz CT molecular complexity index is 1800. The summed E-state index contributed by atoms with van der Waals surface area (Å²) >= 11 is 0.